The van der Waals surface area contributed by atoms with Gasteiger partial charge in [-0.05, 0) is 25.7 Å². The molecule has 3 aromatic heterocycles. The summed E-state index contributed by atoms with van der Waals surface area (Å²) in [5.74, 6) is -0.139. The van der Waals surface area contributed by atoms with Crippen LogP contribution in [-0.2, 0) is 14.8 Å². The molecular weight excluding hydrogens is 531 g/mol. The Balaban J connectivity index is 1.78. The first kappa shape index (κ1) is 26.9. The Morgan fingerprint density at radius 1 is 1.11 bits per heavy atom. The fourth-order valence-corrected chi connectivity index (χ4v) is 5.34. The van der Waals surface area contributed by atoms with Gasteiger partial charge in [-0.15, -0.1) is 10.2 Å². The van der Waals surface area contributed by atoms with E-state index in [-0.39, 0.29) is 41.1 Å². The summed E-state index contributed by atoms with van der Waals surface area (Å²) in [5.41, 5.74) is 0.173. The van der Waals surface area contributed by atoms with E-state index in [0.29, 0.717) is 23.7 Å². The van der Waals surface area contributed by atoms with E-state index in [1.54, 1.807) is 0 Å². The Kier molecular flexibility index (Phi) is 8.04. The van der Waals surface area contributed by atoms with E-state index >= 15 is 0 Å². The van der Waals surface area contributed by atoms with Gasteiger partial charge in [0, 0.05) is 25.4 Å². The van der Waals surface area contributed by atoms with Crippen LogP contribution < -0.4 is 14.2 Å². The summed E-state index contributed by atoms with van der Waals surface area (Å²) in [7, 11) is -0.0472. The summed E-state index contributed by atoms with van der Waals surface area (Å²) in [6, 6.07) is 0. The Hall–Kier alpha value is -3.17. The van der Waals surface area contributed by atoms with Crippen molar-refractivity contribution in [3.8, 4) is 17.4 Å². The number of aromatic nitrogens is 7. The predicted molar refractivity (Wildman–Crippen MR) is 130 cm³/mol. The van der Waals surface area contributed by atoms with Gasteiger partial charge in [0.25, 0.3) is 0 Å². The number of alkyl halides is 1. The third-order valence-corrected chi connectivity index (χ3v) is 8.19. The third kappa shape index (κ3) is 5.15. The fraction of sp³-hybridized carbons (Fsp3) is 0.524. The van der Waals surface area contributed by atoms with Crippen LogP contribution in [0.25, 0.3) is 5.69 Å². The molecule has 0 saturated heterocycles. The van der Waals surface area contributed by atoms with Crippen LogP contribution in [0.2, 0.25) is 5.02 Å². The molecule has 4 rings (SSSR count). The van der Waals surface area contributed by atoms with Crippen molar-refractivity contribution in [3.05, 3.63) is 35.4 Å². The maximum atomic E-state index is 13.6. The van der Waals surface area contributed by atoms with Crippen LogP contribution in [-0.4, -0.2) is 76.4 Å². The molecule has 1 aliphatic rings. The number of sulfonamides is 1. The minimum atomic E-state index is -4.18. The van der Waals surface area contributed by atoms with E-state index < -0.39 is 28.1 Å². The second-order valence-corrected chi connectivity index (χ2v) is 10.8. The quantitative estimate of drug-likeness (QED) is 0.370. The Morgan fingerprint density at radius 3 is 2.27 bits per heavy atom. The molecule has 0 unspecified atom stereocenters. The highest BCUT2D eigenvalue weighted by Gasteiger charge is 2.40. The highest BCUT2D eigenvalue weighted by atomic mass is 35.5. The van der Waals surface area contributed by atoms with Gasteiger partial charge in [-0.3, -0.25) is 13.7 Å². The number of ether oxygens (including phenoxy) is 3. The Labute approximate surface area is 217 Å². The summed E-state index contributed by atoms with van der Waals surface area (Å²) in [6.07, 6.45) is 4.21. The number of hydrogen-bond acceptors (Lipinski definition) is 11. The highest BCUT2D eigenvalue weighted by Crippen LogP contribution is 2.45. The number of rotatable bonds is 11. The number of nitrogens with one attached hydrogen (secondary N) is 1. The normalized spacial score (nSPS) is 19.1. The molecule has 3 heterocycles. The molecular formula is C21H26ClFN8O5S. The van der Waals surface area contributed by atoms with Crippen LogP contribution >= 0.6 is 11.6 Å². The summed E-state index contributed by atoms with van der Waals surface area (Å²) in [5, 5.41) is 7.44. The van der Waals surface area contributed by atoms with E-state index in [4.69, 9.17) is 25.8 Å². The highest BCUT2D eigenvalue weighted by molar-refractivity contribution is 7.93. The molecule has 1 fully saturated rings. The maximum absolute atomic E-state index is 13.6. The van der Waals surface area contributed by atoms with Crippen molar-refractivity contribution >= 4 is 27.6 Å². The largest absolute Gasteiger partial charge is 0.479 e. The zero-order valence-corrected chi connectivity index (χ0v) is 22.1. The lowest BCUT2D eigenvalue weighted by Gasteiger charge is -2.34. The Bertz CT molecular complexity index is 1320. The molecule has 3 aromatic rings. The van der Waals surface area contributed by atoms with Gasteiger partial charge < -0.3 is 14.2 Å². The van der Waals surface area contributed by atoms with Crippen molar-refractivity contribution in [1.29, 1.82) is 0 Å². The molecule has 0 aromatic carbocycles. The number of halogens is 2. The molecule has 1 aliphatic carbocycles. The molecule has 0 amide bonds. The van der Waals surface area contributed by atoms with Gasteiger partial charge in [0.15, 0.2) is 11.5 Å². The van der Waals surface area contributed by atoms with Gasteiger partial charge in [0.05, 0.1) is 25.9 Å². The minimum absolute atomic E-state index is 0.0850. The summed E-state index contributed by atoms with van der Waals surface area (Å²) in [6.45, 7) is 0.889. The van der Waals surface area contributed by atoms with Gasteiger partial charge >= 0.3 is 0 Å². The fourth-order valence-electron chi connectivity index (χ4n) is 4.11. The monoisotopic (exact) mass is 556 g/mol. The van der Waals surface area contributed by atoms with Crippen LogP contribution in [0.15, 0.2) is 18.7 Å². The second kappa shape index (κ2) is 11.1. The van der Waals surface area contributed by atoms with E-state index in [9.17, 15) is 12.8 Å². The Morgan fingerprint density at radius 2 is 1.76 bits per heavy atom. The van der Waals surface area contributed by atoms with Crippen molar-refractivity contribution in [3.63, 3.8) is 0 Å². The number of nitrogens with zero attached hydrogens (tertiary/aromatic N) is 7. The van der Waals surface area contributed by atoms with Crippen LogP contribution in [0.5, 0.6) is 11.8 Å². The SMILES string of the molecule is COc1ncnc(OC)c1-n1c(NS(=O)(=O)[C@@H](C)[C@H](OC)c2ncc(Cl)cn2)nnc1[C@@H]1CC[C@H]1CF. The first-order chi connectivity index (χ1) is 17.7. The minimum Gasteiger partial charge on any atom is -0.479 e. The van der Waals surface area contributed by atoms with Crippen LogP contribution in [0.3, 0.4) is 0 Å². The van der Waals surface area contributed by atoms with Crippen molar-refractivity contribution in [2.45, 2.75) is 37.0 Å². The van der Waals surface area contributed by atoms with Crippen molar-refractivity contribution in [2.24, 2.45) is 5.92 Å². The molecule has 0 aliphatic heterocycles. The maximum Gasteiger partial charge on any atom is 0.245 e. The smallest absolute Gasteiger partial charge is 0.245 e. The summed E-state index contributed by atoms with van der Waals surface area (Å²) < 4.78 is 60.7. The molecule has 1 saturated carbocycles. The van der Waals surface area contributed by atoms with E-state index in [0.717, 1.165) is 0 Å². The number of hydrogen-bond donors (Lipinski definition) is 1. The average Bonchev–Trinajstić information content (AvgIpc) is 3.25. The van der Waals surface area contributed by atoms with Crippen LogP contribution in [0, 0.1) is 5.92 Å². The lowest BCUT2D eigenvalue weighted by Crippen LogP contribution is -2.34. The average molecular weight is 557 g/mol. The molecule has 0 radical (unpaired) electrons. The van der Waals surface area contributed by atoms with Gasteiger partial charge in [-0.1, -0.05) is 11.6 Å². The molecule has 0 spiro atoms. The van der Waals surface area contributed by atoms with Crippen molar-refractivity contribution in [1.82, 2.24) is 34.7 Å². The van der Waals surface area contributed by atoms with Gasteiger partial charge in [0.2, 0.25) is 27.7 Å². The topological polar surface area (TPSA) is 156 Å². The van der Waals surface area contributed by atoms with Crippen LogP contribution in [0.1, 0.15) is 43.4 Å². The predicted octanol–water partition coefficient (Wildman–Crippen LogP) is 2.50. The zero-order valence-electron chi connectivity index (χ0n) is 20.5. The van der Waals surface area contributed by atoms with Gasteiger partial charge in [-0.2, -0.15) is 9.97 Å². The molecule has 16 heteroatoms. The summed E-state index contributed by atoms with van der Waals surface area (Å²) in [4.78, 5) is 16.4. The molecule has 1 N–H and O–H groups in total. The molecule has 4 atom stereocenters. The first-order valence-electron chi connectivity index (χ1n) is 11.2. The van der Waals surface area contributed by atoms with Gasteiger partial charge in [-0.25, -0.2) is 18.4 Å². The third-order valence-electron chi connectivity index (χ3n) is 6.30. The molecule has 200 valence electrons. The standard InChI is InChI=1S/C21H26ClFN8O5S/c1-11(16(34-2)17-24-8-13(22)9-25-17)37(32,33)30-21-29-28-18(14-6-5-12(14)7-23)31(21)15-19(35-3)26-10-27-20(15)36-4/h8-12,14,16H,5-7H2,1-4H3,(H,29,30)/t11-,12-,14+,16-/m0/s1. The second-order valence-electron chi connectivity index (χ2n) is 8.32. The summed E-state index contributed by atoms with van der Waals surface area (Å²) >= 11 is 5.86. The lowest BCUT2D eigenvalue weighted by atomic mass is 9.74. The van der Waals surface area contributed by atoms with E-state index in [1.807, 2.05) is 0 Å². The number of anilines is 1. The first-order valence-corrected chi connectivity index (χ1v) is 13.1. The van der Waals surface area contributed by atoms with E-state index in [2.05, 4.69) is 34.9 Å². The lowest BCUT2D eigenvalue weighted by molar-refractivity contribution is 0.0950. The van der Waals surface area contributed by atoms with Gasteiger partial charge in [0.1, 0.15) is 23.5 Å². The molecule has 37 heavy (non-hydrogen) atoms. The number of methoxy groups -OCH3 is 3. The van der Waals surface area contributed by atoms with E-state index in [1.165, 1.54) is 51.5 Å². The van der Waals surface area contributed by atoms with Crippen LogP contribution in [0.4, 0.5) is 10.3 Å². The van der Waals surface area contributed by atoms with Crippen molar-refractivity contribution < 1.29 is 27.0 Å². The molecule has 13 nitrogen and oxygen atoms in total. The zero-order chi connectivity index (χ0) is 26.7. The molecule has 0 bridgehead atoms. The van der Waals surface area contributed by atoms with Crippen molar-refractivity contribution in [2.75, 3.05) is 32.7 Å².